The molecule has 0 aliphatic carbocycles. The average molecular weight is 338 g/mol. The van der Waals surface area contributed by atoms with Crippen LogP contribution >= 0.6 is 23.2 Å². The highest BCUT2D eigenvalue weighted by atomic mass is 35.5. The van der Waals surface area contributed by atoms with Crippen molar-refractivity contribution in [3.05, 3.63) is 46.4 Å². The molecule has 0 aliphatic rings. The van der Waals surface area contributed by atoms with Crippen LogP contribution in [-0.2, 0) is 0 Å². The predicted molar refractivity (Wildman–Crippen MR) is 80.9 cm³/mol. The Kier molecular flexibility index (Phi) is 4.08. The molecule has 0 amide bonds. The van der Waals surface area contributed by atoms with Crippen LogP contribution in [0.4, 0.5) is 11.6 Å². The average Bonchev–Trinajstić information content (AvgIpc) is 2.86. The lowest BCUT2D eigenvalue weighted by Crippen LogP contribution is -2.02. The maximum atomic E-state index is 6.07. The number of nitrogens with zero attached hydrogens (tertiary/aromatic N) is 4. The maximum Gasteiger partial charge on any atom is 0.329 e. The van der Waals surface area contributed by atoms with Gasteiger partial charge in [-0.2, -0.15) is 15.0 Å². The summed E-state index contributed by atoms with van der Waals surface area (Å²) in [7, 11) is 0. The molecule has 2 aromatic heterocycles. The standard InChI is InChI=1S/C13H9Cl2N5O2/c1-7-6-10(20-22-7)21-13-18-11(15)17-12(19-13)16-9-5-3-2-4-8(9)14/h2-6H,1H3,(H,16,17,18,19). The zero-order valence-electron chi connectivity index (χ0n) is 11.2. The Morgan fingerprint density at radius 2 is 1.95 bits per heavy atom. The number of hydrogen-bond acceptors (Lipinski definition) is 7. The molecule has 9 heteroatoms. The summed E-state index contributed by atoms with van der Waals surface area (Å²) in [6, 6.07) is 8.74. The monoisotopic (exact) mass is 337 g/mol. The van der Waals surface area contributed by atoms with E-state index in [0.29, 0.717) is 16.5 Å². The lowest BCUT2D eigenvalue weighted by atomic mass is 10.3. The van der Waals surface area contributed by atoms with Gasteiger partial charge in [0.05, 0.1) is 10.7 Å². The van der Waals surface area contributed by atoms with Gasteiger partial charge in [0.15, 0.2) is 0 Å². The van der Waals surface area contributed by atoms with E-state index < -0.39 is 0 Å². The van der Waals surface area contributed by atoms with Crippen molar-refractivity contribution in [3.63, 3.8) is 0 Å². The molecular formula is C13H9Cl2N5O2. The molecule has 7 nitrogen and oxygen atoms in total. The van der Waals surface area contributed by atoms with Gasteiger partial charge in [-0.05, 0) is 35.8 Å². The molecule has 112 valence electrons. The topological polar surface area (TPSA) is 86.0 Å². The number of aryl methyl sites for hydroxylation is 1. The number of ether oxygens (including phenoxy) is 1. The van der Waals surface area contributed by atoms with Gasteiger partial charge in [-0.1, -0.05) is 23.7 Å². The molecule has 0 fully saturated rings. The van der Waals surface area contributed by atoms with Crippen LogP contribution in [0.3, 0.4) is 0 Å². The minimum Gasteiger partial charge on any atom is -0.402 e. The van der Waals surface area contributed by atoms with Crippen molar-refractivity contribution in [1.29, 1.82) is 0 Å². The van der Waals surface area contributed by atoms with Gasteiger partial charge in [0.2, 0.25) is 11.2 Å². The van der Waals surface area contributed by atoms with Gasteiger partial charge in [-0.15, -0.1) is 0 Å². The first-order valence-corrected chi connectivity index (χ1v) is 6.90. The number of halogens is 2. The number of anilines is 2. The third kappa shape index (κ3) is 3.44. The van der Waals surface area contributed by atoms with Crippen LogP contribution in [0, 0.1) is 6.92 Å². The first-order chi connectivity index (χ1) is 10.6. The molecule has 0 radical (unpaired) electrons. The second-order valence-electron chi connectivity index (χ2n) is 4.19. The fourth-order valence-corrected chi connectivity index (χ4v) is 1.94. The third-order valence-corrected chi connectivity index (χ3v) is 3.01. The Bertz CT molecular complexity index is 809. The Hall–Kier alpha value is -2.38. The van der Waals surface area contributed by atoms with Gasteiger partial charge >= 0.3 is 6.01 Å². The van der Waals surface area contributed by atoms with Crippen LogP contribution in [0.5, 0.6) is 11.9 Å². The Labute approximate surface area is 135 Å². The summed E-state index contributed by atoms with van der Waals surface area (Å²) in [6.45, 7) is 1.74. The molecule has 2 heterocycles. The molecular weight excluding hydrogens is 329 g/mol. The van der Waals surface area contributed by atoms with Crippen LogP contribution in [0.2, 0.25) is 10.3 Å². The second kappa shape index (κ2) is 6.17. The van der Waals surface area contributed by atoms with Gasteiger partial charge in [0.1, 0.15) is 5.76 Å². The summed E-state index contributed by atoms with van der Waals surface area (Å²) in [5, 5.41) is 7.12. The summed E-state index contributed by atoms with van der Waals surface area (Å²) in [5.41, 5.74) is 0.634. The molecule has 3 aromatic rings. The van der Waals surface area contributed by atoms with E-state index in [2.05, 4.69) is 25.4 Å². The Morgan fingerprint density at radius 3 is 2.68 bits per heavy atom. The lowest BCUT2D eigenvalue weighted by molar-refractivity contribution is 0.344. The van der Waals surface area contributed by atoms with E-state index in [1.54, 1.807) is 25.1 Å². The summed E-state index contributed by atoms with van der Waals surface area (Å²) in [4.78, 5) is 11.9. The summed E-state index contributed by atoms with van der Waals surface area (Å²) in [5.74, 6) is 1.02. The van der Waals surface area contributed by atoms with Gasteiger partial charge in [0.25, 0.3) is 5.88 Å². The van der Waals surface area contributed by atoms with Crippen LogP contribution in [0.15, 0.2) is 34.9 Å². The van der Waals surface area contributed by atoms with Crippen LogP contribution in [-0.4, -0.2) is 20.1 Å². The quantitative estimate of drug-likeness (QED) is 0.769. The number of aromatic nitrogens is 4. The van der Waals surface area contributed by atoms with Gasteiger partial charge in [-0.25, -0.2) is 0 Å². The fourth-order valence-electron chi connectivity index (χ4n) is 1.60. The molecule has 1 aromatic carbocycles. The number of hydrogen-bond donors (Lipinski definition) is 1. The first-order valence-electron chi connectivity index (χ1n) is 6.14. The van der Waals surface area contributed by atoms with Gasteiger partial charge < -0.3 is 14.6 Å². The van der Waals surface area contributed by atoms with Crippen molar-refractivity contribution in [2.75, 3.05) is 5.32 Å². The van der Waals surface area contributed by atoms with E-state index in [9.17, 15) is 0 Å². The minimum absolute atomic E-state index is 0.0112. The van der Waals surface area contributed by atoms with E-state index in [0.717, 1.165) is 0 Å². The normalized spacial score (nSPS) is 10.5. The van der Waals surface area contributed by atoms with Crippen molar-refractivity contribution in [2.45, 2.75) is 6.92 Å². The largest absolute Gasteiger partial charge is 0.402 e. The number of benzene rings is 1. The smallest absolute Gasteiger partial charge is 0.329 e. The van der Waals surface area contributed by atoms with Crippen LogP contribution in [0.25, 0.3) is 0 Å². The highest BCUT2D eigenvalue weighted by Crippen LogP contribution is 2.25. The molecule has 0 saturated heterocycles. The van der Waals surface area contributed by atoms with Gasteiger partial charge in [-0.3, -0.25) is 0 Å². The summed E-state index contributed by atoms with van der Waals surface area (Å²) >= 11 is 11.9. The Morgan fingerprint density at radius 1 is 1.14 bits per heavy atom. The molecule has 0 saturated carbocycles. The molecule has 0 atom stereocenters. The lowest BCUT2D eigenvalue weighted by Gasteiger charge is -2.07. The van der Waals surface area contributed by atoms with E-state index >= 15 is 0 Å². The van der Waals surface area contributed by atoms with E-state index in [1.807, 2.05) is 12.1 Å². The zero-order chi connectivity index (χ0) is 15.5. The van der Waals surface area contributed by atoms with Crippen molar-refractivity contribution in [2.24, 2.45) is 0 Å². The molecule has 1 N–H and O–H groups in total. The summed E-state index contributed by atoms with van der Waals surface area (Å²) in [6.07, 6.45) is 0. The third-order valence-electron chi connectivity index (χ3n) is 2.51. The Balaban J connectivity index is 1.85. The number of para-hydroxylation sites is 1. The molecule has 22 heavy (non-hydrogen) atoms. The molecule has 3 rings (SSSR count). The number of nitrogens with one attached hydrogen (secondary N) is 1. The fraction of sp³-hybridized carbons (Fsp3) is 0.0769. The summed E-state index contributed by atoms with van der Waals surface area (Å²) < 4.78 is 10.3. The second-order valence-corrected chi connectivity index (χ2v) is 4.94. The van der Waals surface area contributed by atoms with Crippen molar-refractivity contribution >= 4 is 34.8 Å². The zero-order valence-corrected chi connectivity index (χ0v) is 12.8. The first kappa shape index (κ1) is 14.6. The molecule has 0 bridgehead atoms. The predicted octanol–water partition coefficient (Wildman–Crippen LogP) is 4.01. The highest BCUT2D eigenvalue weighted by Gasteiger charge is 2.11. The van der Waals surface area contributed by atoms with Crippen molar-refractivity contribution in [1.82, 2.24) is 20.1 Å². The minimum atomic E-state index is -0.0280. The SMILES string of the molecule is Cc1cc(Oc2nc(Cl)nc(Nc3ccccc3Cl)n2)no1. The highest BCUT2D eigenvalue weighted by molar-refractivity contribution is 6.33. The van der Waals surface area contributed by atoms with Crippen LogP contribution in [0.1, 0.15) is 5.76 Å². The molecule has 0 spiro atoms. The van der Waals surface area contributed by atoms with E-state index in [1.165, 1.54) is 0 Å². The maximum absolute atomic E-state index is 6.07. The molecule has 0 aliphatic heterocycles. The van der Waals surface area contributed by atoms with Gasteiger partial charge in [0, 0.05) is 6.07 Å². The number of rotatable bonds is 4. The van der Waals surface area contributed by atoms with E-state index in [4.69, 9.17) is 32.5 Å². The van der Waals surface area contributed by atoms with Crippen molar-refractivity contribution in [3.8, 4) is 11.9 Å². The van der Waals surface area contributed by atoms with Crippen LogP contribution < -0.4 is 10.1 Å². The van der Waals surface area contributed by atoms with E-state index in [-0.39, 0.29) is 23.1 Å². The van der Waals surface area contributed by atoms with Crippen molar-refractivity contribution < 1.29 is 9.26 Å². The molecule has 0 unspecified atom stereocenters.